The van der Waals surface area contributed by atoms with Crippen LogP contribution in [0.3, 0.4) is 0 Å². The highest BCUT2D eigenvalue weighted by Gasteiger charge is 2.23. The van der Waals surface area contributed by atoms with Gasteiger partial charge in [-0.15, -0.1) is 0 Å². The maximum Gasteiger partial charge on any atom is 0.256 e. The van der Waals surface area contributed by atoms with Gasteiger partial charge in [0.25, 0.3) is 5.91 Å². The van der Waals surface area contributed by atoms with Crippen LogP contribution in [0.1, 0.15) is 11.1 Å². The number of carbonyl (C=O) groups excluding carboxylic acids is 1. The second-order valence-electron chi connectivity index (χ2n) is 4.29. The van der Waals surface area contributed by atoms with Gasteiger partial charge in [-0.25, -0.2) is 0 Å². The number of rotatable bonds is 1. The maximum absolute atomic E-state index is 11.9. The molecule has 0 atom stereocenters. The Bertz CT molecular complexity index is 690. The van der Waals surface area contributed by atoms with Gasteiger partial charge >= 0.3 is 0 Å². The Hall–Kier alpha value is -2.26. The lowest BCUT2D eigenvalue weighted by atomic mass is 10.0. The van der Waals surface area contributed by atoms with Gasteiger partial charge in [-0.3, -0.25) is 4.79 Å². The van der Waals surface area contributed by atoms with Crippen LogP contribution in [0.25, 0.3) is 11.6 Å². The van der Waals surface area contributed by atoms with Gasteiger partial charge in [0.05, 0.1) is 5.69 Å². The number of phenols is 1. The van der Waals surface area contributed by atoms with Crippen molar-refractivity contribution in [1.82, 2.24) is 0 Å². The lowest BCUT2D eigenvalue weighted by Gasteiger charge is -1.99. The number of nitrogens with one attached hydrogen (secondary N) is 1. The summed E-state index contributed by atoms with van der Waals surface area (Å²) >= 11 is 5.90. The van der Waals surface area contributed by atoms with E-state index in [-0.39, 0.29) is 11.7 Å². The number of anilines is 1. The SMILES string of the molecule is O=C1Nc2cc(Cl)ccc2/C1=C\c1ccc(O)cc1. The average Bonchev–Trinajstić information content (AvgIpc) is 2.68. The number of hydrogen-bond acceptors (Lipinski definition) is 2. The van der Waals surface area contributed by atoms with Crippen LogP contribution in [0.5, 0.6) is 5.75 Å². The third-order valence-corrected chi connectivity index (χ3v) is 3.20. The molecule has 3 rings (SSSR count). The van der Waals surface area contributed by atoms with Crippen LogP contribution in [0.15, 0.2) is 42.5 Å². The zero-order valence-corrected chi connectivity index (χ0v) is 10.6. The average molecular weight is 272 g/mol. The van der Waals surface area contributed by atoms with E-state index >= 15 is 0 Å². The molecule has 2 aromatic carbocycles. The summed E-state index contributed by atoms with van der Waals surface area (Å²) in [6.45, 7) is 0. The highest BCUT2D eigenvalue weighted by molar-refractivity contribution is 6.36. The van der Waals surface area contributed by atoms with Gasteiger partial charge in [-0.05, 0) is 35.9 Å². The molecule has 2 aromatic rings. The molecule has 0 saturated carbocycles. The normalized spacial score (nSPS) is 15.4. The second-order valence-corrected chi connectivity index (χ2v) is 4.73. The summed E-state index contributed by atoms with van der Waals surface area (Å²) in [7, 11) is 0. The number of phenolic OH excluding ortho intramolecular Hbond substituents is 1. The number of fused-ring (bicyclic) bond motifs is 1. The summed E-state index contributed by atoms with van der Waals surface area (Å²) in [6.07, 6.45) is 1.79. The molecule has 3 nitrogen and oxygen atoms in total. The van der Waals surface area contributed by atoms with Gasteiger partial charge in [0.1, 0.15) is 5.75 Å². The van der Waals surface area contributed by atoms with Crippen LogP contribution >= 0.6 is 11.6 Å². The van der Waals surface area contributed by atoms with E-state index in [1.54, 1.807) is 42.5 Å². The first-order chi connectivity index (χ1) is 9.13. The van der Waals surface area contributed by atoms with Crippen LogP contribution in [0.4, 0.5) is 5.69 Å². The smallest absolute Gasteiger partial charge is 0.256 e. The Morgan fingerprint density at radius 1 is 1.11 bits per heavy atom. The number of hydrogen-bond donors (Lipinski definition) is 2. The molecule has 4 heteroatoms. The molecular weight excluding hydrogens is 262 g/mol. The molecule has 0 aliphatic carbocycles. The van der Waals surface area contributed by atoms with Crippen LogP contribution in [0, 0.1) is 0 Å². The summed E-state index contributed by atoms with van der Waals surface area (Å²) in [6, 6.07) is 12.0. The van der Waals surface area contributed by atoms with Gasteiger partial charge in [0, 0.05) is 16.2 Å². The first-order valence-corrected chi connectivity index (χ1v) is 6.13. The fraction of sp³-hybridized carbons (Fsp3) is 0. The van der Waals surface area contributed by atoms with Gasteiger partial charge in [0.2, 0.25) is 0 Å². The lowest BCUT2D eigenvalue weighted by molar-refractivity contribution is -0.110. The van der Waals surface area contributed by atoms with Crippen molar-refractivity contribution in [2.45, 2.75) is 0 Å². The first kappa shape index (κ1) is 11.8. The quantitative estimate of drug-likeness (QED) is 0.780. The summed E-state index contributed by atoms with van der Waals surface area (Å²) in [5, 5.41) is 12.6. The molecule has 0 bridgehead atoms. The van der Waals surface area contributed by atoms with Crippen LogP contribution in [0.2, 0.25) is 5.02 Å². The van der Waals surface area contributed by atoms with E-state index in [1.165, 1.54) is 0 Å². The van der Waals surface area contributed by atoms with Crippen LogP contribution < -0.4 is 5.32 Å². The highest BCUT2D eigenvalue weighted by Crippen LogP contribution is 2.34. The van der Waals surface area contributed by atoms with E-state index < -0.39 is 0 Å². The van der Waals surface area contributed by atoms with Crippen molar-refractivity contribution < 1.29 is 9.90 Å². The van der Waals surface area contributed by atoms with Gasteiger partial charge in [-0.2, -0.15) is 0 Å². The Kier molecular flexibility index (Phi) is 2.76. The Morgan fingerprint density at radius 3 is 2.58 bits per heavy atom. The Balaban J connectivity index is 2.06. The third kappa shape index (κ3) is 2.20. The van der Waals surface area contributed by atoms with Gasteiger partial charge < -0.3 is 10.4 Å². The fourth-order valence-corrected chi connectivity index (χ4v) is 2.22. The highest BCUT2D eigenvalue weighted by atomic mass is 35.5. The largest absolute Gasteiger partial charge is 0.508 e. The standard InChI is InChI=1S/C15H10ClNO2/c16-10-3-6-12-13(15(19)17-14(12)8-10)7-9-1-4-11(18)5-2-9/h1-8,18H,(H,17,19)/b13-7+. The molecule has 0 radical (unpaired) electrons. The van der Waals surface area contributed by atoms with Gasteiger partial charge in [0.15, 0.2) is 0 Å². The molecule has 19 heavy (non-hydrogen) atoms. The Morgan fingerprint density at radius 2 is 1.84 bits per heavy atom. The molecular formula is C15H10ClNO2. The molecule has 0 unspecified atom stereocenters. The molecule has 2 N–H and O–H groups in total. The maximum atomic E-state index is 11.9. The summed E-state index contributed by atoms with van der Waals surface area (Å²) < 4.78 is 0. The molecule has 1 aliphatic heterocycles. The number of benzene rings is 2. The molecule has 0 fully saturated rings. The second kappa shape index (κ2) is 4.44. The van der Waals surface area contributed by atoms with E-state index in [0.717, 1.165) is 16.8 Å². The molecule has 1 amide bonds. The van der Waals surface area contributed by atoms with E-state index in [0.29, 0.717) is 10.6 Å². The predicted molar refractivity (Wildman–Crippen MR) is 76.1 cm³/mol. The van der Waals surface area contributed by atoms with E-state index in [2.05, 4.69) is 5.32 Å². The fourth-order valence-electron chi connectivity index (χ4n) is 2.05. The van der Waals surface area contributed by atoms with Crippen molar-refractivity contribution >= 4 is 34.8 Å². The van der Waals surface area contributed by atoms with Crippen molar-refractivity contribution in [1.29, 1.82) is 0 Å². The van der Waals surface area contributed by atoms with E-state index in [4.69, 9.17) is 11.6 Å². The topological polar surface area (TPSA) is 49.3 Å². The van der Waals surface area contributed by atoms with Crippen molar-refractivity contribution in [3.8, 4) is 5.75 Å². The third-order valence-electron chi connectivity index (χ3n) is 2.97. The minimum Gasteiger partial charge on any atom is -0.508 e. The summed E-state index contributed by atoms with van der Waals surface area (Å²) in [5.74, 6) is 0.0514. The van der Waals surface area contributed by atoms with Crippen LogP contribution in [-0.2, 0) is 4.79 Å². The minimum atomic E-state index is -0.148. The first-order valence-electron chi connectivity index (χ1n) is 5.75. The zero-order chi connectivity index (χ0) is 13.4. The van der Waals surface area contributed by atoms with Crippen molar-refractivity contribution in [2.24, 2.45) is 0 Å². The van der Waals surface area contributed by atoms with E-state index in [9.17, 15) is 9.90 Å². The zero-order valence-electron chi connectivity index (χ0n) is 9.85. The lowest BCUT2D eigenvalue weighted by Crippen LogP contribution is -2.03. The molecule has 0 spiro atoms. The monoisotopic (exact) mass is 271 g/mol. The van der Waals surface area contributed by atoms with Crippen molar-refractivity contribution in [2.75, 3.05) is 5.32 Å². The van der Waals surface area contributed by atoms with Crippen molar-refractivity contribution in [3.63, 3.8) is 0 Å². The number of halogens is 1. The number of aromatic hydroxyl groups is 1. The van der Waals surface area contributed by atoms with Gasteiger partial charge in [-0.1, -0.05) is 29.8 Å². The molecule has 0 saturated heterocycles. The minimum absolute atomic E-state index is 0.148. The predicted octanol–water partition coefficient (Wildman–Crippen LogP) is 3.54. The molecule has 0 aromatic heterocycles. The molecule has 1 heterocycles. The Labute approximate surface area is 115 Å². The summed E-state index contributed by atoms with van der Waals surface area (Å²) in [5.41, 5.74) is 3.01. The molecule has 94 valence electrons. The van der Waals surface area contributed by atoms with E-state index in [1.807, 2.05) is 6.07 Å². The molecule has 1 aliphatic rings. The number of amides is 1. The number of carbonyl (C=O) groups is 1. The summed E-state index contributed by atoms with van der Waals surface area (Å²) in [4.78, 5) is 11.9. The van der Waals surface area contributed by atoms with Crippen molar-refractivity contribution in [3.05, 3.63) is 58.6 Å². The van der Waals surface area contributed by atoms with Crippen LogP contribution in [-0.4, -0.2) is 11.0 Å².